The number of imidazole rings is 1. The largest absolute Gasteiger partial charge is 0.416 e. The third kappa shape index (κ3) is 4.54. The number of fused-ring (bicyclic) bond motifs is 1. The Morgan fingerprint density at radius 1 is 0.935 bits per heavy atom. The van der Waals surface area contributed by atoms with Gasteiger partial charge in [0.1, 0.15) is 5.82 Å². The van der Waals surface area contributed by atoms with Crippen molar-refractivity contribution in [1.29, 1.82) is 0 Å². The normalized spacial score (nSPS) is 12.6. The van der Waals surface area contributed by atoms with Gasteiger partial charge in [0.15, 0.2) is 9.84 Å². The topological polar surface area (TPSA) is 62.8 Å². The fourth-order valence-corrected chi connectivity index (χ4v) is 4.17. The molecule has 3 aromatic carbocycles. The van der Waals surface area contributed by atoms with Gasteiger partial charge in [-0.2, -0.15) is 13.2 Å². The summed E-state index contributed by atoms with van der Waals surface area (Å²) in [5.74, 6) is 0.531. The average molecular weight is 442 g/mol. The van der Waals surface area contributed by atoms with Crippen molar-refractivity contribution >= 4 is 33.0 Å². The molecule has 0 fully saturated rings. The predicted molar refractivity (Wildman–Crippen MR) is 115 cm³/mol. The number of aromatic nitrogens is 2. The van der Waals surface area contributed by atoms with E-state index in [0.29, 0.717) is 22.5 Å². The number of hydrogen-bond acceptors (Lipinski definition) is 3. The molecule has 0 aliphatic carbocycles. The van der Waals surface area contributed by atoms with Crippen molar-refractivity contribution in [3.63, 3.8) is 0 Å². The van der Waals surface area contributed by atoms with Crippen LogP contribution in [0.15, 0.2) is 71.6 Å². The minimum Gasteiger partial charge on any atom is -0.338 e. The van der Waals surface area contributed by atoms with Crippen molar-refractivity contribution in [1.82, 2.24) is 9.97 Å². The number of alkyl halides is 3. The molecule has 0 saturated heterocycles. The molecule has 0 bridgehead atoms. The lowest BCUT2D eigenvalue weighted by molar-refractivity contribution is -0.137. The van der Waals surface area contributed by atoms with Gasteiger partial charge in [-0.3, -0.25) is 0 Å². The van der Waals surface area contributed by atoms with Crippen molar-refractivity contribution in [2.75, 3.05) is 6.26 Å². The van der Waals surface area contributed by atoms with Gasteiger partial charge >= 0.3 is 6.18 Å². The summed E-state index contributed by atoms with van der Waals surface area (Å²) in [6.45, 7) is 0. The number of benzene rings is 3. The summed E-state index contributed by atoms with van der Waals surface area (Å²) in [6, 6.07) is 17.0. The highest BCUT2D eigenvalue weighted by Gasteiger charge is 2.29. The maximum absolute atomic E-state index is 12.7. The Balaban J connectivity index is 1.64. The van der Waals surface area contributed by atoms with Gasteiger partial charge in [0.25, 0.3) is 0 Å². The molecule has 1 heterocycles. The first-order valence-electron chi connectivity index (χ1n) is 9.26. The zero-order chi connectivity index (χ0) is 22.2. The molecule has 31 heavy (non-hydrogen) atoms. The summed E-state index contributed by atoms with van der Waals surface area (Å²) in [5.41, 5.74) is 2.63. The Kier molecular flexibility index (Phi) is 5.18. The van der Waals surface area contributed by atoms with Crippen LogP contribution in [0, 0.1) is 0 Å². The highest BCUT2D eigenvalue weighted by molar-refractivity contribution is 7.90. The second-order valence-electron chi connectivity index (χ2n) is 7.08. The summed E-state index contributed by atoms with van der Waals surface area (Å²) in [7, 11) is -3.39. The van der Waals surface area contributed by atoms with Gasteiger partial charge in [-0.25, -0.2) is 13.4 Å². The molecule has 0 aliphatic rings. The highest BCUT2D eigenvalue weighted by atomic mass is 32.2. The van der Waals surface area contributed by atoms with Gasteiger partial charge in [0.2, 0.25) is 0 Å². The van der Waals surface area contributed by atoms with Crippen LogP contribution < -0.4 is 0 Å². The molecule has 1 aromatic heterocycles. The maximum Gasteiger partial charge on any atom is 0.416 e. The fraction of sp³-hybridized carbons (Fsp3) is 0.0870. The Morgan fingerprint density at radius 3 is 2.32 bits per heavy atom. The Bertz CT molecular complexity index is 1390. The van der Waals surface area contributed by atoms with E-state index in [1.807, 2.05) is 12.1 Å². The second-order valence-corrected chi connectivity index (χ2v) is 9.06. The van der Waals surface area contributed by atoms with Crippen LogP contribution in [0.4, 0.5) is 13.2 Å². The SMILES string of the molecule is CS(=O)(=O)c1ccccc1-c1ccc2[nH]c(/C=C/c3ccc(C(F)(F)F)cc3)nc2c1. The van der Waals surface area contributed by atoms with Crippen LogP contribution in [0.25, 0.3) is 34.3 Å². The number of nitrogens with zero attached hydrogens (tertiary/aromatic N) is 1. The molecule has 1 N–H and O–H groups in total. The van der Waals surface area contributed by atoms with Gasteiger partial charge in [-0.1, -0.05) is 42.5 Å². The van der Waals surface area contributed by atoms with E-state index >= 15 is 0 Å². The van der Waals surface area contributed by atoms with Gasteiger partial charge in [0, 0.05) is 11.8 Å². The summed E-state index contributed by atoms with van der Waals surface area (Å²) < 4.78 is 62.2. The van der Waals surface area contributed by atoms with Crippen LogP contribution in [0.1, 0.15) is 17.0 Å². The molecule has 0 radical (unpaired) electrons. The van der Waals surface area contributed by atoms with Crippen molar-refractivity contribution < 1.29 is 21.6 Å². The number of aromatic amines is 1. The van der Waals surface area contributed by atoms with Crippen LogP contribution in [0.2, 0.25) is 0 Å². The number of rotatable bonds is 4. The molecule has 4 nitrogen and oxygen atoms in total. The van der Waals surface area contributed by atoms with E-state index in [4.69, 9.17) is 0 Å². The number of H-pyrrole nitrogens is 1. The average Bonchev–Trinajstić information content (AvgIpc) is 3.13. The summed E-state index contributed by atoms with van der Waals surface area (Å²) >= 11 is 0. The standard InChI is InChI=1S/C23H17F3N2O2S/c1-31(29,30)21-5-3-2-4-18(21)16-9-12-19-20(14-16)28-22(27-19)13-8-15-6-10-17(11-7-15)23(24,25)26/h2-14H,1H3,(H,27,28)/b13-8+. The Morgan fingerprint density at radius 2 is 1.65 bits per heavy atom. The van der Waals surface area contributed by atoms with Gasteiger partial charge < -0.3 is 4.98 Å². The summed E-state index contributed by atoms with van der Waals surface area (Å²) in [4.78, 5) is 7.86. The van der Waals surface area contributed by atoms with Crippen LogP contribution in [-0.4, -0.2) is 24.6 Å². The van der Waals surface area contributed by atoms with E-state index in [1.165, 1.54) is 18.4 Å². The quantitative estimate of drug-likeness (QED) is 0.433. The van der Waals surface area contributed by atoms with E-state index in [2.05, 4.69) is 9.97 Å². The van der Waals surface area contributed by atoms with E-state index < -0.39 is 21.6 Å². The van der Waals surface area contributed by atoms with Crippen molar-refractivity contribution in [3.8, 4) is 11.1 Å². The van der Waals surface area contributed by atoms with E-state index in [-0.39, 0.29) is 4.90 Å². The van der Waals surface area contributed by atoms with Gasteiger partial charge in [-0.05, 0) is 47.5 Å². The molecule has 0 atom stereocenters. The monoisotopic (exact) mass is 442 g/mol. The summed E-state index contributed by atoms with van der Waals surface area (Å²) in [6.07, 6.45) is 0.141. The molecule has 0 spiro atoms. The lowest BCUT2D eigenvalue weighted by Crippen LogP contribution is -2.03. The number of hydrogen-bond donors (Lipinski definition) is 1. The van der Waals surface area contributed by atoms with Gasteiger partial charge in [0.05, 0.1) is 21.5 Å². The number of halogens is 3. The maximum atomic E-state index is 12.7. The minimum atomic E-state index is -4.37. The lowest BCUT2D eigenvalue weighted by atomic mass is 10.1. The molecular weight excluding hydrogens is 425 g/mol. The molecule has 0 amide bonds. The minimum absolute atomic E-state index is 0.243. The smallest absolute Gasteiger partial charge is 0.338 e. The Labute approximate surface area is 177 Å². The first-order chi connectivity index (χ1) is 14.6. The van der Waals surface area contributed by atoms with E-state index in [0.717, 1.165) is 23.2 Å². The number of sulfone groups is 1. The van der Waals surface area contributed by atoms with Crippen molar-refractivity contribution in [2.45, 2.75) is 11.1 Å². The van der Waals surface area contributed by atoms with E-state index in [9.17, 15) is 21.6 Å². The highest BCUT2D eigenvalue weighted by Crippen LogP contribution is 2.30. The third-order valence-electron chi connectivity index (χ3n) is 4.77. The number of nitrogens with one attached hydrogen (secondary N) is 1. The summed E-state index contributed by atoms with van der Waals surface area (Å²) in [5, 5.41) is 0. The zero-order valence-corrected chi connectivity index (χ0v) is 17.1. The van der Waals surface area contributed by atoms with Crippen LogP contribution in [-0.2, 0) is 16.0 Å². The second kappa shape index (κ2) is 7.70. The molecule has 8 heteroatoms. The van der Waals surface area contributed by atoms with Crippen LogP contribution in [0.3, 0.4) is 0 Å². The third-order valence-corrected chi connectivity index (χ3v) is 5.93. The molecule has 0 aliphatic heterocycles. The molecule has 4 rings (SSSR count). The molecule has 0 unspecified atom stereocenters. The molecule has 0 saturated carbocycles. The fourth-order valence-electron chi connectivity index (χ4n) is 3.26. The first kappa shape index (κ1) is 20.9. The van der Waals surface area contributed by atoms with E-state index in [1.54, 1.807) is 42.5 Å². The molecular formula is C23H17F3N2O2S. The Hall–Kier alpha value is -3.39. The van der Waals surface area contributed by atoms with Crippen LogP contribution in [0.5, 0.6) is 0 Å². The van der Waals surface area contributed by atoms with Gasteiger partial charge in [-0.15, -0.1) is 0 Å². The first-order valence-corrected chi connectivity index (χ1v) is 11.1. The predicted octanol–water partition coefficient (Wildman–Crippen LogP) is 5.82. The van der Waals surface area contributed by atoms with Crippen molar-refractivity contribution in [3.05, 3.63) is 83.7 Å². The zero-order valence-electron chi connectivity index (χ0n) is 16.3. The molecule has 4 aromatic rings. The lowest BCUT2D eigenvalue weighted by Gasteiger charge is -2.07. The van der Waals surface area contributed by atoms with Crippen LogP contribution >= 0.6 is 0 Å². The van der Waals surface area contributed by atoms with Crippen molar-refractivity contribution in [2.24, 2.45) is 0 Å². The molecule has 158 valence electrons.